The Bertz CT molecular complexity index is 297. The van der Waals surface area contributed by atoms with Crippen molar-refractivity contribution in [1.29, 1.82) is 0 Å². The molecule has 0 aliphatic heterocycles. The Morgan fingerprint density at radius 2 is 2.07 bits per heavy atom. The molecule has 0 amide bonds. The first-order valence-electron chi connectivity index (χ1n) is 4.74. The van der Waals surface area contributed by atoms with Crippen LogP contribution in [0.4, 0.5) is 5.69 Å². The van der Waals surface area contributed by atoms with Gasteiger partial charge in [-0.15, -0.1) is 0 Å². The highest BCUT2D eigenvalue weighted by atomic mass is 79.9. The predicted molar refractivity (Wildman–Crippen MR) is 65.9 cm³/mol. The van der Waals surface area contributed by atoms with Crippen molar-refractivity contribution in [1.82, 2.24) is 4.90 Å². The van der Waals surface area contributed by atoms with E-state index < -0.39 is 0 Å². The van der Waals surface area contributed by atoms with Crippen molar-refractivity contribution in [2.75, 3.05) is 32.5 Å². The quantitative estimate of drug-likeness (QED) is 0.892. The molecule has 0 heterocycles. The smallest absolute Gasteiger partial charge is 0.0371 e. The fourth-order valence-electron chi connectivity index (χ4n) is 1.24. The number of rotatable bonds is 4. The van der Waals surface area contributed by atoms with Gasteiger partial charge in [0.05, 0.1) is 0 Å². The summed E-state index contributed by atoms with van der Waals surface area (Å²) in [6.07, 6.45) is 0. The van der Waals surface area contributed by atoms with Crippen LogP contribution in [0.3, 0.4) is 0 Å². The molecule has 1 aromatic carbocycles. The number of likely N-dealkylation sites (N-methyl/N-ethyl adjacent to an activating group) is 1. The number of nitrogens with zero attached hydrogens (tertiary/aromatic N) is 1. The van der Waals surface area contributed by atoms with Crippen LogP contribution in [-0.4, -0.2) is 32.1 Å². The van der Waals surface area contributed by atoms with Crippen molar-refractivity contribution in [2.24, 2.45) is 0 Å². The molecule has 1 aromatic rings. The molecule has 0 atom stereocenters. The molecule has 0 unspecified atom stereocenters. The number of hydrogen-bond donors (Lipinski definition) is 1. The lowest BCUT2D eigenvalue weighted by molar-refractivity contribution is 0.425. The zero-order valence-corrected chi connectivity index (χ0v) is 10.6. The van der Waals surface area contributed by atoms with Crippen LogP contribution in [0.15, 0.2) is 22.7 Å². The number of benzene rings is 1. The minimum absolute atomic E-state index is 0.982. The summed E-state index contributed by atoms with van der Waals surface area (Å²) in [4.78, 5) is 2.17. The average Bonchev–Trinajstić information content (AvgIpc) is 2.08. The highest BCUT2D eigenvalue weighted by Crippen LogP contribution is 2.19. The summed E-state index contributed by atoms with van der Waals surface area (Å²) in [6.45, 7) is 4.15. The maximum Gasteiger partial charge on any atom is 0.0371 e. The van der Waals surface area contributed by atoms with E-state index in [-0.39, 0.29) is 0 Å². The standard InChI is InChI=1S/C11H17BrN2/c1-9-8-10(12)4-5-11(9)13-6-7-14(2)3/h4-5,8,13H,6-7H2,1-3H3. The van der Waals surface area contributed by atoms with Crippen molar-refractivity contribution in [3.8, 4) is 0 Å². The highest BCUT2D eigenvalue weighted by Gasteiger charge is 1.97. The summed E-state index contributed by atoms with van der Waals surface area (Å²) < 4.78 is 1.13. The van der Waals surface area contributed by atoms with Gasteiger partial charge in [0, 0.05) is 23.2 Å². The van der Waals surface area contributed by atoms with E-state index in [4.69, 9.17) is 0 Å². The molecule has 1 N–H and O–H groups in total. The number of halogens is 1. The van der Waals surface area contributed by atoms with Crippen LogP contribution in [0.5, 0.6) is 0 Å². The molecule has 2 nitrogen and oxygen atoms in total. The molecule has 0 aliphatic carbocycles. The lowest BCUT2D eigenvalue weighted by atomic mass is 10.2. The van der Waals surface area contributed by atoms with Gasteiger partial charge in [-0.05, 0) is 44.8 Å². The molecule has 78 valence electrons. The molecule has 0 spiro atoms. The first-order chi connectivity index (χ1) is 6.59. The Hall–Kier alpha value is -0.540. The normalized spacial score (nSPS) is 10.6. The van der Waals surface area contributed by atoms with E-state index in [9.17, 15) is 0 Å². The van der Waals surface area contributed by atoms with Gasteiger partial charge in [-0.1, -0.05) is 15.9 Å². The predicted octanol–water partition coefficient (Wildman–Crippen LogP) is 2.73. The Kier molecular flexibility index (Phi) is 4.42. The van der Waals surface area contributed by atoms with Crippen LogP contribution in [0.2, 0.25) is 0 Å². The molecular formula is C11H17BrN2. The van der Waals surface area contributed by atoms with Gasteiger partial charge in [0.15, 0.2) is 0 Å². The summed E-state index contributed by atoms with van der Waals surface area (Å²) >= 11 is 3.45. The second-order valence-electron chi connectivity index (χ2n) is 3.69. The van der Waals surface area contributed by atoms with Crippen molar-refractivity contribution in [2.45, 2.75) is 6.92 Å². The van der Waals surface area contributed by atoms with Crippen molar-refractivity contribution in [3.63, 3.8) is 0 Å². The van der Waals surface area contributed by atoms with Crippen molar-refractivity contribution >= 4 is 21.6 Å². The van der Waals surface area contributed by atoms with E-state index in [0.29, 0.717) is 0 Å². The van der Waals surface area contributed by atoms with E-state index in [0.717, 1.165) is 17.6 Å². The molecule has 0 radical (unpaired) electrons. The first kappa shape index (κ1) is 11.5. The molecule has 14 heavy (non-hydrogen) atoms. The van der Waals surface area contributed by atoms with Gasteiger partial charge in [0.2, 0.25) is 0 Å². The van der Waals surface area contributed by atoms with Gasteiger partial charge in [-0.2, -0.15) is 0 Å². The third-order valence-corrected chi connectivity index (χ3v) is 2.56. The summed E-state index contributed by atoms with van der Waals surface area (Å²) in [6, 6.07) is 6.29. The number of hydrogen-bond acceptors (Lipinski definition) is 2. The molecule has 0 aliphatic rings. The van der Waals surface area contributed by atoms with Crippen molar-refractivity contribution < 1.29 is 0 Å². The van der Waals surface area contributed by atoms with Gasteiger partial charge < -0.3 is 10.2 Å². The summed E-state index contributed by atoms with van der Waals surface area (Å²) in [5.41, 5.74) is 2.49. The molecule has 0 aromatic heterocycles. The lowest BCUT2D eigenvalue weighted by Gasteiger charge is -2.13. The Morgan fingerprint density at radius 1 is 1.36 bits per heavy atom. The molecule has 0 bridgehead atoms. The van der Waals surface area contributed by atoms with E-state index >= 15 is 0 Å². The third kappa shape index (κ3) is 3.68. The number of aryl methyl sites for hydroxylation is 1. The Morgan fingerprint density at radius 3 is 2.64 bits per heavy atom. The zero-order chi connectivity index (χ0) is 10.6. The molecule has 0 saturated heterocycles. The first-order valence-corrected chi connectivity index (χ1v) is 5.53. The zero-order valence-electron chi connectivity index (χ0n) is 8.97. The minimum Gasteiger partial charge on any atom is -0.384 e. The maximum atomic E-state index is 3.45. The second-order valence-corrected chi connectivity index (χ2v) is 4.60. The fraction of sp³-hybridized carbons (Fsp3) is 0.455. The van der Waals surface area contributed by atoms with E-state index in [1.165, 1.54) is 11.3 Å². The minimum atomic E-state index is 0.982. The van der Waals surface area contributed by atoms with Crippen LogP contribution in [0.25, 0.3) is 0 Å². The monoisotopic (exact) mass is 256 g/mol. The van der Waals surface area contributed by atoms with E-state index in [2.05, 4.69) is 65.4 Å². The topological polar surface area (TPSA) is 15.3 Å². The van der Waals surface area contributed by atoms with E-state index in [1.807, 2.05) is 0 Å². The SMILES string of the molecule is Cc1cc(Br)ccc1NCCN(C)C. The summed E-state index contributed by atoms with van der Waals surface area (Å²) in [7, 11) is 4.16. The second kappa shape index (κ2) is 5.37. The molecule has 0 saturated carbocycles. The Balaban J connectivity index is 2.51. The van der Waals surface area contributed by atoms with Crippen molar-refractivity contribution in [3.05, 3.63) is 28.2 Å². The number of nitrogens with one attached hydrogen (secondary N) is 1. The van der Waals surface area contributed by atoms with Gasteiger partial charge in [0.1, 0.15) is 0 Å². The van der Waals surface area contributed by atoms with Gasteiger partial charge >= 0.3 is 0 Å². The number of anilines is 1. The average molecular weight is 257 g/mol. The van der Waals surface area contributed by atoms with Gasteiger partial charge in [0.25, 0.3) is 0 Å². The molecular weight excluding hydrogens is 240 g/mol. The summed E-state index contributed by atoms with van der Waals surface area (Å²) in [5, 5.41) is 3.41. The van der Waals surface area contributed by atoms with Crippen LogP contribution >= 0.6 is 15.9 Å². The van der Waals surface area contributed by atoms with E-state index in [1.54, 1.807) is 0 Å². The van der Waals surface area contributed by atoms with Crippen LogP contribution in [0.1, 0.15) is 5.56 Å². The molecule has 0 fully saturated rings. The largest absolute Gasteiger partial charge is 0.384 e. The fourth-order valence-corrected chi connectivity index (χ4v) is 1.72. The highest BCUT2D eigenvalue weighted by molar-refractivity contribution is 9.10. The summed E-state index contributed by atoms with van der Waals surface area (Å²) in [5.74, 6) is 0. The lowest BCUT2D eigenvalue weighted by Crippen LogP contribution is -2.21. The van der Waals surface area contributed by atoms with Gasteiger partial charge in [-0.25, -0.2) is 0 Å². The molecule has 1 rings (SSSR count). The van der Waals surface area contributed by atoms with Crippen LogP contribution in [-0.2, 0) is 0 Å². The van der Waals surface area contributed by atoms with Gasteiger partial charge in [-0.3, -0.25) is 0 Å². The third-order valence-electron chi connectivity index (χ3n) is 2.06. The van der Waals surface area contributed by atoms with Crippen LogP contribution < -0.4 is 5.32 Å². The maximum absolute atomic E-state index is 3.45. The van der Waals surface area contributed by atoms with Crippen LogP contribution in [0, 0.1) is 6.92 Å². The Labute approximate surface area is 94.4 Å². The molecule has 3 heteroatoms.